The lowest BCUT2D eigenvalue weighted by molar-refractivity contribution is -0.121. The van der Waals surface area contributed by atoms with Crippen LogP contribution in [0.5, 0.6) is 0 Å². The normalized spacial score (nSPS) is 18.0. The van der Waals surface area contributed by atoms with Gasteiger partial charge < -0.3 is 4.57 Å². The molecule has 1 aromatic heterocycles. The molecule has 0 saturated carbocycles. The molecule has 3 rings (SSSR count). The van der Waals surface area contributed by atoms with Gasteiger partial charge in [0.2, 0.25) is 0 Å². The third kappa shape index (κ3) is 3.26. The van der Waals surface area contributed by atoms with E-state index >= 15 is 0 Å². The lowest BCUT2D eigenvalue weighted by atomic mass is 10.2. The van der Waals surface area contributed by atoms with Gasteiger partial charge in [0, 0.05) is 31.0 Å². The third-order valence-electron chi connectivity index (χ3n) is 4.38. The summed E-state index contributed by atoms with van der Waals surface area (Å²) in [6, 6.07) is 8.82. The number of carbonyl (C=O) groups is 1. The van der Waals surface area contributed by atoms with E-state index in [1.54, 1.807) is 31.1 Å². The Morgan fingerprint density at radius 2 is 2.00 bits per heavy atom. The summed E-state index contributed by atoms with van der Waals surface area (Å²) in [6.07, 6.45) is 1.89. The first-order valence-electron chi connectivity index (χ1n) is 7.97. The zero-order valence-corrected chi connectivity index (χ0v) is 15.5. The summed E-state index contributed by atoms with van der Waals surface area (Å²) >= 11 is 1.37. The zero-order chi connectivity index (χ0) is 18.1. The highest BCUT2D eigenvalue weighted by Gasteiger charge is 2.30. The molecule has 4 nitrogen and oxygen atoms in total. The molecule has 2 aromatic rings. The Balaban J connectivity index is 1.94. The highest BCUT2D eigenvalue weighted by molar-refractivity contribution is 8.18. The smallest absolute Gasteiger partial charge is 0.266 e. The number of aromatic nitrogens is 1. The molecule has 25 heavy (non-hydrogen) atoms. The predicted octanol–water partition coefficient (Wildman–Crippen LogP) is 3.82. The molecule has 0 aliphatic carbocycles. The highest BCUT2D eigenvalue weighted by atomic mass is 32.2. The Morgan fingerprint density at radius 3 is 2.64 bits per heavy atom. The van der Waals surface area contributed by atoms with Gasteiger partial charge in [-0.3, -0.25) is 14.7 Å². The molecule has 0 bridgehead atoms. The number of rotatable bonds is 3. The number of thioether (sulfide) groups is 1. The van der Waals surface area contributed by atoms with E-state index in [0.717, 1.165) is 17.0 Å². The zero-order valence-electron chi connectivity index (χ0n) is 14.7. The number of aliphatic imine (C=N–C) groups is 1. The molecular weight excluding hydrogens is 337 g/mol. The third-order valence-corrected chi connectivity index (χ3v) is 5.53. The van der Waals surface area contributed by atoms with Crippen molar-refractivity contribution < 1.29 is 9.18 Å². The number of likely N-dealkylation sites (N-methyl/N-ethyl adjacent to an activating group) is 1. The van der Waals surface area contributed by atoms with Gasteiger partial charge in [-0.1, -0.05) is 18.2 Å². The van der Waals surface area contributed by atoms with Crippen molar-refractivity contribution in [3.63, 3.8) is 0 Å². The Morgan fingerprint density at radius 1 is 1.28 bits per heavy atom. The maximum absolute atomic E-state index is 14.0. The molecule has 1 aliphatic heterocycles. The second-order valence-electron chi connectivity index (χ2n) is 5.99. The second-order valence-corrected chi connectivity index (χ2v) is 6.99. The van der Waals surface area contributed by atoms with E-state index in [1.807, 2.05) is 32.1 Å². The second kappa shape index (κ2) is 6.88. The average Bonchev–Trinajstić information content (AvgIpc) is 3.01. The summed E-state index contributed by atoms with van der Waals surface area (Å²) in [5.41, 5.74) is 3.65. The van der Waals surface area contributed by atoms with Crippen molar-refractivity contribution in [2.45, 2.75) is 20.4 Å². The van der Waals surface area contributed by atoms with E-state index in [4.69, 9.17) is 0 Å². The minimum absolute atomic E-state index is 0.0514. The number of nitrogens with zero attached hydrogens (tertiary/aromatic N) is 3. The summed E-state index contributed by atoms with van der Waals surface area (Å²) in [4.78, 5) is 18.6. The molecule has 2 heterocycles. The molecule has 1 amide bonds. The maximum Gasteiger partial charge on any atom is 0.266 e. The molecule has 0 radical (unpaired) electrons. The molecule has 0 unspecified atom stereocenters. The van der Waals surface area contributed by atoms with Gasteiger partial charge in [0.25, 0.3) is 5.91 Å². The molecular formula is C19H20FN3OS. The summed E-state index contributed by atoms with van der Waals surface area (Å²) in [5, 5.41) is 0.691. The molecule has 130 valence electrons. The number of carbonyl (C=O) groups excluding carboxylic acids is 1. The predicted molar refractivity (Wildman–Crippen MR) is 101 cm³/mol. The molecule has 0 atom stereocenters. The largest absolute Gasteiger partial charge is 0.344 e. The molecule has 1 saturated heterocycles. The fraction of sp³-hybridized carbons (Fsp3) is 0.263. The monoisotopic (exact) mass is 357 g/mol. The van der Waals surface area contributed by atoms with Crippen molar-refractivity contribution in [1.82, 2.24) is 9.47 Å². The Bertz CT molecular complexity index is 898. The van der Waals surface area contributed by atoms with Crippen LogP contribution in [-0.4, -0.2) is 34.6 Å². The van der Waals surface area contributed by atoms with Crippen LogP contribution in [-0.2, 0) is 11.3 Å². The summed E-state index contributed by atoms with van der Waals surface area (Å²) in [6.45, 7) is 4.45. The van der Waals surface area contributed by atoms with Gasteiger partial charge in [-0.25, -0.2) is 4.39 Å². The van der Waals surface area contributed by atoms with Gasteiger partial charge in [0.15, 0.2) is 5.17 Å². The van der Waals surface area contributed by atoms with Crippen molar-refractivity contribution in [2.24, 2.45) is 4.99 Å². The van der Waals surface area contributed by atoms with Gasteiger partial charge in [0.1, 0.15) is 5.82 Å². The van der Waals surface area contributed by atoms with E-state index in [9.17, 15) is 9.18 Å². The van der Waals surface area contributed by atoms with Crippen LogP contribution in [0.15, 0.2) is 40.2 Å². The summed E-state index contributed by atoms with van der Waals surface area (Å²) < 4.78 is 16.0. The van der Waals surface area contributed by atoms with E-state index in [2.05, 4.69) is 9.56 Å². The number of benzene rings is 1. The van der Waals surface area contributed by atoms with E-state index < -0.39 is 0 Å². The molecule has 0 spiro atoms. The SMILES string of the molecule is CN=C1S/C(=C\c2cc(C)n(Cc3ccccc3F)c2C)C(=O)N1C. The van der Waals surface area contributed by atoms with Crippen LogP contribution in [0.4, 0.5) is 4.39 Å². The lowest BCUT2D eigenvalue weighted by Crippen LogP contribution is -2.23. The van der Waals surface area contributed by atoms with Crippen LogP contribution < -0.4 is 0 Å². The number of amidine groups is 1. The highest BCUT2D eigenvalue weighted by Crippen LogP contribution is 2.32. The van der Waals surface area contributed by atoms with Crippen molar-refractivity contribution >= 4 is 28.9 Å². The fourth-order valence-electron chi connectivity index (χ4n) is 2.90. The Kier molecular flexibility index (Phi) is 4.81. The summed E-state index contributed by atoms with van der Waals surface area (Å²) in [5.74, 6) is -0.258. The van der Waals surface area contributed by atoms with Crippen molar-refractivity contribution in [2.75, 3.05) is 14.1 Å². The van der Waals surface area contributed by atoms with Crippen molar-refractivity contribution in [1.29, 1.82) is 0 Å². The minimum Gasteiger partial charge on any atom is -0.344 e. The fourth-order valence-corrected chi connectivity index (χ4v) is 3.82. The van der Waals surface area contributed by atoms with Gasteiger partial charge >= 0.3 is 0 Å². The number of hydrogen-bond acceptors (Lipinski definition) is 3. The number of halogens is 1. The topological polar surface area (TPSA) is 37.6 Å². The molecule has 1 fully saturated rings. The van der Waals surface area contributed by atoms with Crippen LogP contribution in [0.2, 0.25) is 0 Å². The first-order valence-corrected chi connectivity index (χ1v) is 8.78. The van der Waals surface area contributed by atoms with Gasteiger partial charge in [-0.05, 0) is 49.4 Å². The van der Waals surface area contributed by atoms with Crippen LogP contribution in [0, 0.1) is 19.7 Å². The van der Waals surface area contributed by atoms with Crippen LogP contribution >= 0.6 is 11.8 Å². The van der Waals surface area contributed by atoms with Crippen LogP contribution in [0.3, 0.4) is 0 Å². The molecule has 6 heteroatoms. The van der Waals surface area contributed by atoms with Crippen molar-refractivity contribution in [3.05, 3.63) is 63.6 Å². The van der Waals surface area contributed by atoms with Gasteiger partial charge in [-0.2, -0.15) is 0 Å². The lowest BCUT2D eigenvalue weighted by Gasteiger charge is -2.10. The van der Waals surface area contributed by atoms with E-state index in [1.165, 1.54) is 17.8 Å². The Labute approximate surface area is 151 Å². The average molecular weight is 357 g/mol. The van der Waals surface area contributed by atoms with Crippen LogP contribution in [0.1, 0.15) is 22.5 Å². The molecule has 1 aromatic carbocycles. The van der Waals surface area contributed by atoms with E-state index in [0.29, 0.717) is 22.2 Å². The standard InChI is InChI=1S/C19H20FN3OS/c1-12-9-15(10-17-18(24)22(4)19(21-3)25-17)13(2)23(12)11-14-7-5-6-8-16(14)20/h5-10H,11H2,1-4H3/b17-10-,21-19?. The first kappa shape index (κ1) is 17.5. The Hall–Kier alpha value is -2.34. The maximum atomic E-state index is 14.0. The number of aryl methyl sites for hydroxylation is 1. The molecule has 0 N–H and O–H groups in total. The number of hydrogen-bond donors (Lipinski definition) is 0. The first-order chi connectivity index (χ1) is 11.9. The minimum atomic E-state index is -0.207. The van der Waals surface area contributed by atoms with Gasteiger partial charge in [0.05, 0.1) is 11.4 Å². The summed E-state index contributed by atoms with van der Waals surface area (Å²) in [7, 11) is 3.40. The molecule has 1 aliphatic rings. The number of amides is 1. The van der Waals surface area contributed by atoms with E-state index in [-0.39, 0.29) is 11.7 Å². The van der Waals surface area contributed by atoms with Crippen LogP contribution in [0.25, 0.3) is 6.08 Å². The van der Waals surface area contributed by atoms with Crippen molar-refractivity contribution in [3.8, 4) is 0 Å². The quantitative estimate of drug-likeness (QED) is 0.783. The van der Waals surface area contributed by atoms with Gasteiger partial charge in [-0.15, -0.1) is 0 Å².